The van der Waals surface area contributed by atoms with Crippen molar-refractivity contribution in [1.29, 1.82) is 0 Å². The summed E-state index contributed by atoms with van der Waals surface area (Å²) < 4.78 is 0. The molecule has 3 nitrogen and oxygen atoms in total. The zero-order valence-corrected chi connectivity index (χ0v) is 18.3. The van der Waals surface area contributed by atoms with E-state index in [9.17, 15) is 0 Å². The first-order valence-electron chi connectivity index (χ1n) is 11.4. The standard InChI is InChI=1S/C31H19N3/c1-3-9-20(10-4-1)26-18-17-22-15-16-23-19-27-31(34-30(23)29(22)32-26)25-14-8-7-13-24(25)28(33-27)21-11-5-2-6-12-21/h1-19H. The van der Waals surface area contributed by atoms with E-state index in [1.54, 1.807) is 0 Å². The summed E-state index contributed by atoms with van der Waals surface area (Å²) in [5.74, 6) is 0. The Morgan fingerprint density at radius 1 is 0.412 bits per heavy atom. The molecule has 3 heterocycles. The molecule has 0 bridgehead atoms. The van der Waals surface area contributed by atoms with Crippen LogP contribution >= 0.6 is 0 Å². The zero-order chi connectivity index (χ0) is 22.5. The van der Waals surface area contributed by atoms with Crippen LogP contribution in [0.25, 0.3) is 66.1 Å². The Kier molecular flexibility index (Phi) is 4.15. The highest BCUT2D eigenvalue weighted by molar-refractivity contribution is 6.14. The lowest BCUT2D eigenvalue weighted by Gasteiger charge is -2.11. The molecule has 0 spiro atoms. The number of rotatable bonds is 2. The van der Waals surface area contributed by atoms with Gasteiger partial charge in [0.05, 0.1) is 33.5 Å². The Balaban J connectivity index is 1.56. The lowest BCUT2D eigenvalue weighted by atomic mass is 10.0. The first kappa shape index (κ1) is 18.9. The molecule has 7 aromatic rings. The summed E-state index contributed by atoms with van der Waals surface area (Å²) in [6, 6.07) is 39.6. The lowest BCUT2D eigenvalue weighted by Crippen LogP contribution is -1.94. The van der Waals surface area contributed by atoms with Crippen molar-refractivity contribution in [2.45, 2.75) is 0 Å². The van der Waals surface area contributed by atoms with Gasteiger partial charge in [0.25, 0.3) is 0 Å². The fraction of sp³-hybridized carbons (Fsp3) is 0. The summed E-state index contributed by atoms with van der Waals surface area (Å²) in [5, 5.41) is 4.33. The number of aromatic nitrogens is 3. The Labute approximate surface area is 196 Å². The minimum absolute atomic E-state index is 0.892. The van der Waals surface area contributed by atoms with Crippen LogP contribution in [-0.4, -0.2) is 15.0 Å². The summed E-state index contributed by atoms with van der Waals surface area (Å²) in [6.45, 7) is 0. The molecule has 158 valence electrons. The van der Waals surface area contributed by atoms with Gasteiger partial charge in [0.1, 0.15) is 0 Å². The van der Waals surface area contributed by atoms with E-state index in [0.29, 0.717) is 0 Å². The highest BCUT2D eigenvalue weighted by Gasteiger charge is 2.14. The van der Waals surface area contributed by atoms with Crippen LogP contribution in [0.5, 0.6) is 0 Å². The minimum atomic E-state index is 0.892. The number of fused-ring (bicyclic) bond motifs is 6. The maximum Gasteiger partial charge on any atom is 0.0974 e. The Hall–Kier alpha value is -4.63. The predicted molar refractivity (Wildman–Crippen MR) is 141 cm³/mol. The molecule has 34 heavy (non-hydrogen) atoms. The molecule has 0 fully saturated rings. The van der Waals surface area contributed by atoms with Crippen LogP contribution in [0.3, 0.4) is 0 Å². The van der Waals surface area contributed by atoms with E-state index in [2.05, 4.69) is 91.0 Å². The maximum atomic E-state index is 5.18. The highest BCUT2D eigenvalue weighted by Crippen LogP contribution is 2.34. The molecule has 0 atom stereocenters. The molecule has 0 aliphatic heterocycles. The second-order valence-corrected chi connectivity index (χ2v) is 8.50. The van der Waals surface area contributed by atoms with Gasteiger partial charge in [0.2, 0.25) is 0 Å². The van der Waals surface area contributed by atoms with Gasteiger partial charge in [0, 0.05) is 32.7 Å². The molecule has 0 saturated carbocycles. The van der Waals surface area contributed by atoms with Crippen molar-refractivity contribution >= 4 is 43.6 Å². The third-order valence-corrected chi connectivity index (χ3v) is 6.41. The van der Waals surface area contributed by atoms with Crippen molar-refractivity contribution < 1.29 is 0 Å². The van der Waals surface area contributed by atoms with Crippen molar-refractivity contribution in [3.05, 3.63) is 115 Å². The first-order chi connectivity index (χ1) is 16.8. The normalized spacial score (nSPS) is 11.5. The lowest BCUT2D eigenvalue weighted by molar-refractivity contribution is 1.38. The van der Waals surface area contributed by atoms with Gasteiger partial charge in [-0.25, -0.2) is 15.0 Å². The van der Waals surface area contributed by atoms with Crippen LogP contribution < -0.4 is 0 Å². The second kappa shape index (κ2) is 7.46. The molecule has 3 aromatic heterocycles. The van der Waals surface area contributed by atoms with E-state index < -0.39 is 0 Å². The van der Waals surface area contributed by atoms with E-state index in [1.165, 1.54) is 0 Å². The summed E-state index contributed by atoms with van der Waals surface area (Å²) >= 11 is 0. The van der Waals surface area contributed by atoms with Crippen LogP contribution in [0, 0.1) is 0 Å². The molecule has 0 saturated heterocycles. The minimum Gasteiger partial charge on any atom is -0.245 e. The molecule has 0 amide bonds. The van der Waals surface area contributed by atoms with Crippen molar-refractivity contribution in [2.75, 3.05) is 0 Å². The topological polar surface area (TPSA) is 38.7 Å². The summed E-state index contributed by atoms with van der Waals surface area (Å²) in [7, 11) is 0. The van der Waals surface area contributed by atoms with E-state index in [1.807, 2.05) is 24.3 Å². The Bertz CT molecular complexity index is 1840. The molecule has 7 rings (SSSR count). The fourth-order valence-corrected chi connectivity index (χ4v) is 4.75. The molecule has 0 N–H and O–H groups in total. The molecular weight excluding hydrogens is 414 g/mol. The summed E-state index contributed by atoms with van der Waals surface area (Å²) in [4.78, 5) is 15.3. The fourth-order valence-electron chi connectivity index (χ4n) is 4.75. The molecule has 0 aliphatic rings. The average Bonchev–Trinajstić information content (AvgIpc) is 2.92. The third-order valence-electron chi connectivity index (χ3n) is 6.41. The molecule has 4 aromatic carbocycles. The highest BCUT2D eigenvalue weighted by atomic mass is 14.8. The van der Waals surface area contributed by atoms with E-state index in [-0.39, 0.29) is 0 Å². The van der Waals surface area contributed by atoms with Gasteiger partial charge in [-0.15, -0.1) is 0 Å². The molecule has 0 radical (unpaired) electrons. The number of hydrogen-bond donors (Lipinski definition) is 0. The van der Waals surface area contributed by atoms with Crippen LogP contribution in [0.2, 0.25) is 0 Å². The maximum absolute atomic E-state index is 5.18. The largest absolute Gasteiger partial charge is 0.245 e. The van der Waals surface area contributed by atoms with Gasteiger partial charge in [-0.05, 0) is 12.1 Å². The van der Waals surface area contributed by atoms with E-state index >= 15 is 0 Å². The average molecular weight is 434 g/mol. The first-order valence-corrected chi connectivity index (χ1v) is 11.4. The van der Waals surface area contributed by atoms with Crippen LogP contribution in [0.15, 0.2) is 115 Å². The quantitative estimate of drug-likeness (QED) is 0.206. The molecule has 0 unspecified atom stereocenters. The van der Waals surface area contributed by atoms with E-state index in [4.69, 9.17) is 15.0 Å². The molecular formula is C31H19N3. The monoisotopic (exact) mass is 433 g/mol. The zero-order valence-electron chi connectivity index (χ0n) is 18.3. The number of nitrogens with zero attached hydrogens (tertiary/aromatic N) is 3. The van der Waals surface area contributed by atoms with Crippen molar-refractivity contribution in [2.24, 2.45) is 0 Å². The van der Waals surface area contributed by atoms with Gasteiger partial charge in [-0.1, -0.05) is 103 Å². The Morgan fingerprint density at radius 2 is 1.03 bits per heavy atom. The summed E-state index contributed by atoms with van der Waals surface area (Å²) in [5.41, 5.74) is 7.75. The van der Waals surface area contributed by atoms with E-state index in [0.717, 1.165) is 66.1 Å². The number of benzene rings is 4. The predicted octanol–water partition coefficient (Wildman–Crippen LogP) is 7.82. The van der Waals surface area contributed by atoms with Crippen molar-refractivity contribution in [1.82, 2.24) is 15.0 Å². The number of hydrogen-bond acceptors (Lipinski definition) is 3. The SMILES string of the molecule is c1ccc(-c2ccc3ccc4cc5nc(-c6ccccc6)c6ccccc6c5nc4c3n2)cc1. The van der Waals surface area contributed by atoms with Crippen LogP contribution in [0.4, 0.5) is 0 Å². The van der Waals surface area contributed by atoms with Gasteiger partial charge >= 0.3 is 0 Å². The van der Waals surface area contributed by atoms with Crippen LogP contribution in [0.1, 0.15) is 0 Å². The third kappa shape index (κ3) is 2.95. The molecule has 0 aliphatic carbocycles. The van der Waals surface area contributed by atoms with Crippen molar-refractivity contribution in [3.63, 3.8) is 0 Å². The van der Waals surface area contributed by atoms with Gasteiger partial charge in [-0.3, -0.25) is 0 Å². The number of pyridine rings is 3. The Morgan fingerprint density at radius 3 is 1.82 bits per heavy atom. The second-order valence-electron chi connectivity index (χ2n) is 8.50. The van der Waals surface area contributed by atoms with Gasteiger partial charge in [0.15, 0.2) is 0 Å². The van der Waals surface area contributed by atoms with Gasteiger partial charge < -0.3 is 0 Å². The summed E-state index contributed by atoms with van der Waals surface area (Å²) in [6.07, 6.45) is 0. The van der Waals surface area contributed by atoms with Gasteiger partial charge in [-0.2, -0.15) is 0 Å². The van der Waals surface area contributed by atoms with Crippen molar-refractivity contribution in [3.8, 4) is 22.5 Å². The molecule has 3 heteroatoms. The van der Waals surface area contributed by atoms with Crippen LogP contribution in [-0.2, 0) is 0 Å². The smallest absolute Gasteiger partial charge is 0.0974 e.